The summed E-state index contributed by atoms with van der Waals surface area (Å²) in [5, 5.41) is 8.06. The molecule has 0 aliphatic heterocycles. The number of hydrogen-bond acceptors (Lipinski definition) is 3. The van der Waals surface area contributed by atoms with E-state index >= 15 is 0 Å². The van der Waals surface area contributed by atoms with Gasteiger partial charge in [0.25, 0.3) is 5.91 Å². The van der Waals surface area contributed by atoms with E-state index < -0.39 is 18.5 Å². The zero-order chi connectivity index (χ0) is 8.69. The molecule has 0 aromatic carbocycles. The Morgan fingerprint density at radius 3 is 2.73 bits per heavy atom. The van der Waals surface area contributed by atoms with Crippen LogP contribution in [0.5, 0.6) is 0 Å². The molecule has 5 heteroatoms. The summed E-state index contributed by atoms with van der Waals surface area (Å²) in [5.41, 5.74) is 1.91. The first-order valence-electron chi connectivity index (χ1n) is 2.93. The van der Waals surface area contributed by atoms with Gasteiger partial charge in [-0.25, -0.2) is 10.3 Å². The quantitative estimate of drug-likeness (QED) is 0.436. The second-order valence-corrected chi connectivity index (χ2v) is 1.65. The van der Waals surface area contributed by atoms with Gasteiger partial charge >= 0.3 is 5.97 Å². The highest BCUT2D eigenvalue weighted by atomic mass is 16.7. The number of carboxylic acids is 1. The lowest BCUT2D eigenvalue weighted by Gasteiger charge is -1.98. The Hall–Kier alpha value is -1.36. The molecule has 0 spiro atoms. The number of carbonyl (C=O) groups excluding carboxylic acids is 1. The molecule has 5 nitrogen and oxygen atoms in total. The Bertz CT molecular complexity index is 175. The van der Waals surface area contributed by atoms with E-state index in [0.717, 1.165) is 0 Å². The Morgan fingerprint density at radius 2 is 2.27 bits per heavy atom. The number of nitrogens with one attached hydrogen (secondary N) is 1. The maximum Gasteiger partial charge on any atom is 0.332 e. The SMILES string of the molecule is CC=CC(=O)NOCC(=O)O. The van der Waals surface area contributed by atoms with E-state index in [1.807, 2.05) is 5.48 Å². The number of rotatable bonds is 4. The van der Waals surface area contributed by atoms with Crippen LogP contribution >= 0.6 is 0 Å². The lowest BCUT2D eigenvalue weighted by Crippen LogP contribution is -2.24. The second-order valence-electron chi connectivity index (χ2n) is 1.65. The lowest BCUT2D eigenvalue weighted by molar-refractivity contribution is -0.147. The van der Waals surface area contributed by atoms with Crippen LogP contribution in [0.2, 0.25) is 0 Å². The third-order valence-electron chi connectivity index (χ3n) is 0.686. The van der Waals surface area contributed by atoms with Crippen molar-refractivity contribution in [2.75, 3.05) is 6.61 Å². The molecule has 0 aliphatic carbocycles. The Morgan fingerprint density at radius 1 is 1.64 bits per heavy atom. The first kappa shape index (κ1) is 9.64. The van der Waals surface area contributed by atoms with Crippen LogP contribution in [0.3, 0.4) is 0 Å². The fourth-order valence-corrected chi connectivity index (χ4v) is 0.354. The molecule has 0 heterocycles. The molecule has 11 heavy (non-hydrogen) atoms. The molecule has 0 atom stereocenters. The van der Waals surface area contributed by atoms with Gasteiger partial charge in [-0.2, -0.15) is 0 Å². The fraction of sp³-hybridized carbons (Fsp3) is 0.333. The van der Waals surface area contributed by atoms with Crippen molar-refractivity contribution in [2.24, 2.45) is 0 Å². The normalized spacial score (nSPS) is 9.91. The van der Waals surface area contributed by atoms with E-state index in [2.05, 4.69) is 4.84 Å². The highest BCUT2D eigenvalue weighted by Gasteiger charge is 1.97. The van der Waals surface area contributed by atoms with E-state index in [0.29, 0.717) is 0 Å². The number of allylic oxidation sites excluding steroid dienone is 1. The Kier molecular flexibility index (Phi) is 4.76. The van der Waals surface area contributed by atoms with Gasteiger partial charge in [-0.3, -0.25) is 9.63 Å². The minimum atomic E-state index is -1.13. The average molecular weight is 159 g/mol. The zero-order valence-electron chi connectivity index (χ0n) is 6.03. The number of aliphatic carboxylic acids is 1. The summed E-state index contributed by atoms with van der Waals surface area (Å²) in [5.74, 6) is -1.61. The number of hydroxylamine groups is 1. The summed E-state index contributed by atoms with van der Waals surface area (Å²) < 4.78 is 0. The van der Waals surface area contributed by atoms with E-state index in [9.17, 15) is 9.59 Å². The molecule has 0 bridgehead atoms. The molecule has 0 saturated heterocycles. The van der Waals surface area contributed by atoms with Gasteiger partial charge in [0.1, 0.15) is 0 Å². The minimum absolute atomic E-state index is 0.478. The minimum Gasteiger partial charge on any atom is -0.479 e. The van der Waals surface area contributed by atoms with Crippen LogP contribution in [0.4, 0.5) is 0 Å². The van der Waals surface area contributed by atoms with Crippen molar-refractivity contribution in [3.8, 4) is 0 Å². The van der Waals surface area contributed by atoms with Crippen molar-refractivity contribution in [3.63, 3.8) is 0 Å². The highest BCUT2D eigenvalue weighted by molar-refractivity contribution is 5.86. The van der Waals surface area contributed by atoms with Crippen LogP contribution in [0.25, 0.3) is 0 Å². The van der Waals surface area contributed by atoms with Crippen molar-refractivity contribution in [1.29, 1.82) is 0 Å². The van der Waals surface area contributed by atoms with Crippen molar-refractivity contribution < 1.29 is 19.5 Å². The summed E-state index contributed by atoms with van der Waals surface area (Å²) in [6, 6.07) is 0. The third-order valence-corrected chi connectivity index (χ3v) is 0.686. The topological polar surface area (TPSA) is 75.6 Å². The van der Waals surface area contributed by atoms with Crippen LogP contribution in [-0.4, -0.2) is 23.6 Å². The first-order chi connectivity index (χ1) is 5.16. The van der Waals surface area contributed by atoms with Gasteiger partial charge in [0.15, 0.2) is 6.61 Å². The standard InChI is InChI=1S/C6H9NO4/c1-2-3-5(8)7-11-4-6(9)10/h2-3H,4H2,1H3,(H,7,8)(H,9,10). The highest BCUT2D eigenvalue weighted by Crippen LogP contribution is 1.73. The molecule has 2 N–H and O–H groups in total. The summed E-state index contributed by atoms with van der Waals surface area (Å²) in [6.07, 6.45) is 2.74. The van der Waals surface area contributed by atoms with Crippen molar-refractivity contribution in [1.82, 2.24) is 5.48 Å². The zero-order valence-corrected chi connectivity index (χ0v) is 6.03. The molecule has 0 unspecified atom stereocenters. The summed E-state index contributed by atoms with van der Waals surface area (Å²) in [6.45, 7) is 1.13. The van der Waals surface area contributed by atoms with Gasteiger partial charge in [0.05, 0.1) is 0 Å². The molecule has 0 aromatic heterocycles. The average Bonchev–Trinajstić information content (AvgIpc) is 1.87. The van der Waals surface area contributed by atoms with Gasteiger partial charge in [-0.1, -0.05) is 6.08 Å². The van der Waals surface area contributed by atoms with Crippen LogP contribution in [0, 0.1) is 0 Å². The summed E-state index contributed by atoms with van der Waals surface area (Å²) >= 11 is 0. The second kappa shape index (κ2) is 5.43. The maximum absolute atomic E-state index is 10.5. The van der Waals surface area contributed by atoms with E-state index in [1.54, 1.807) is 6.92 Å². The molecule has 0 rings (SSSR count). The number of amides is 1. The Balaban J connectivity index is 3.39. The largest absolute Gasteiger partial charge is 0.479 e. The third kappa shape index (κ3) is 6.53. The van der Waals surface area contributed by atoms with E-state index in [-0.39, 0.29) is 0 Å². The Labute approximate surface area is 63.6 Å². The van der Waals surface area contributed by atoms with Crippen molar-refractivity contribution in [2.45, 2.75) is 6.92 Å². The van der Waals surface area contributed by atoms with Crippen LogP contribution in [-0.2, 0) is 14.4 Å². The van der Waals surface area contributed by atoms with Crippen LogP contribution < -0.4 is 5.48 Å². The fourth-order valence-electron chi connectivity index (χ4n) is 0.354. The molecule has 62 valence electrons. The molecular weight excluding hydrogens is 150 g/mol. The lowest BCUT2D eigenvalue weighted by atomic mass is 10.5. The maximum atomic E-state index is 10.5. The molecule has 1 amide bonds. The predicted octanol–water partition coefficient (Wildman–Crippen LogP) is -0.305. The number of carbonyl (C=O) groups is 2. The van der Waals surface area contributed by atoms with Gasteiger partial charge in [0.2, 0.25) is 0 Å². The van der Waals surface area contributed by atoms with Crippen LogP contribution in [0.1, 0.15) is 6.92 Å². The molecular formula is C6H9NO4. The summed E-state index contributed by atoms with van der Waals surface area (Å²) in [4.78, 5) is 24.6. The van der Waals surface area contributed by atoms with Crippen molar-refractivity contribution in [3.05, 3.63) is 12.2 Å². The van der Waals surface area contributed by atoms with Gasteiger partial charge in [-0.05, 0) is 6.92 Å². The molecule has 0 fully saturated rings. The van der Waals surface area contributed by atoms with Crippen LogP contribution in [0.15, 0.2) is 12.2 Å². The molecule has 0 aromatic rings. The van der Waals surface area contributed by atoms with E-state index in [4.69, 9.17) is 5.11 Å². The predicted molar refractivity (Wildman–Crippen MR) is 36.5 cm³/mol. The number of carboxylic acid groups (broad SMARTS) is 1. The van der Waals surface area contributed by atoms with Crippen molar-refractivity contribution >= 4 is 11.9 Å². The van der Waals surface area contributed by atoms with Gasteiger partial charge in [-0.15, -0.1) is 0 Å². The molecule has 0 radical (unpaired) electrons. The molecule has 0 aliphatic rings. The van der Waals surface area contributed by atoms with Gasteiger partial charge < -0.3 is 5.11 Å². The number of hydrogen-bond donors (Lipinski definition) is 2. The summed E-state index contributed by atoms with van der Waals surface area (Å²) in [7, 11) is 0. The smallest absolute Gasteiger partial charge is 0.332 e. The monoisotopic (exact) mass is 159 g/mol. The van der Waals surface area contributed by atoms with Gasteiger partial charge in [0, 0.05) is 6.08 Å². The molecule has 0 saturated carbocycles. The van der Waals surface area contributed by atoms with E-state index in [1.165, 1.54) is 12.2 Å². The first-order valence-corrected chi connectivity index (χ1v) is 2.93.